The van der Waals surface area contributed by atoms with Crippen LogP contribution in [0.4, 0.5) is 10.5 Å². The highest BCUT2D eigenvalue weighted by Gasteiger charge is 2.21. The molecule has 0 aliphatic carbocycles. The Morgan fingerprint density at radius 2 is 1.81 bits per heavy atom. The summed E-state index contributed by atoms with van der Waals surface area (Å²) in [5.41, 5.74) is 0.0210. The topological polar surface area (TPSA) is 110 Å². The van der Waals surface area contributed by atoms with Crippen molar-refractivity contribution in [2.45, 2.75) is 39.5 Å². The second-order valence-corrected chi connectivity index (χ2v) is 6.60. The van der Waals surface area contributed by atoms with Gasteiger partial charge < -0.3 is 19.7 Å². The maximum atomic E-state index is 11.9. The number of aromatic nitrogens is 1. The Morgan fingerprint density at radius 1 is 1.15 bits per heavy atom. The van der Waals surface area contributed by atoms with Crippen LogP contribution in [0, 0.1) is 0 Å². The molecule has 2 rings (SSSR count). The lowest BCUT2D eigenvalue weighted by Gasteiger charge is -2.19. The van der Waals surface area contributed by atoms with Gasteiger partial charge in [-0.1, -0.05) is 30.3 Å². The summed E-state index contributed by atoms with van der Waals surface area (Å²) in [4.78, 5) is 23.7. The van der Waals surface area contributed by atoms with E-state index in [9.17, 15) is 19.8 Å². The van der Waals surface area contributed by atoms with Crippen LogP contribution < -0.4 is 5.32 Å². The average Bonchev–Trinajstić information content (AvgIpc) is 2.79. The summed E-state index contributed by atoms with van der Waals surface area (Å²) < 4.78 is 11.1. The van der Waals surface area contributed by atoms with Crippen molar-refractivity contribution in [1.29, 1.82) is 0 Å². The van der Waals surface area contributed by atoms with E-state index in [1.807, 2.05) is 18.2 Å². The molecule has 2 aromatic rings. The van der Waals surface area contributed by atoms with E-state index in [0.29, 0.717) is 0 Å². The molecule has 0 saturated heterocycles. The van der Waals surface area contributed by atoms with Gasteiger partial charge in [-0.15, -0.1) is 0 Å². The number of aromatic hydroxyl groups is 2. The Morgan fingerprint density at radius 3 is 2.42 bits per heavy atom. The third-order valence-electron chi connectivity index (χ3n) is 3.21. The zero-order valence-corrected chi connectivity index (χ0v) is 14.9. The van der Waals surface area contributed by atoms with Crippen LogP contribution in [-0.4, -0.2) is 32.4 Å². The first-order valence-electron chi connectivity index (χ1n) is 7.97. The van der Waals surface area contributed by atoms with Gasteiger partial charge in [0.05, 0.1) is 0 Å². The monoisotopic (exact) mass is 362 g/mol. The van der Waals surface area contributed by atoms with Gasteiger partial charge in [0.25, 0.3) is 0 Å². The van der Waals surface area contributed by atoms with Crippen LogP contribution in [0.15, 0.2) is 36.4 Å². The summed E-state index contributed by atoms with van der Waals surface area (Å²) in [6, 6.07) is 10.2. The minimum absolute atomic E-state index is 0.0749. The molecule has 140 valence electrons. The summed E-state index contributed by atoms with van der Waals surface area (Å²) >= 11 is 0. The number of hydrogen-bond donors (Lipinski definition) is 3. The summed E-state index contributed by atoms with van der Waals surface area (Å²) in [5.74, 6) is -1.53. The van der Waals surface area contributed by atoms with Crippen molar-refractivity contribution in [3.63, 3.8) is 0 Å². The molecule has 0 saturated carbocycles. The zero-order valence-electron chi connectivity index (χ0n) is 14.9. The van der Waals surface area contributed by atoms with Crippen molar-refractivity contribution in [2.24, 2.45) is 0 Å². The number of ether oxygens (including phenoxy) is 2. The Labute approximate surface area is 151 Å². The van der Waals surface area contributed by atoms with E-state index in [4.69, 9.17) is 9.47 Å². The zero-order chi connectivity index (χ0) is 19.3. The first-order valence-corrected chi connectivity index (χ1v) is 7.97. The summed E-state index contributed by atoms with van der Waals surface area (Å²) in [7, 11) is 0. The van der Waals surface area contributed by atoms with Gasteiger partial charge in [0.1, 0.15) is 24.4 Å². The van der Waals surface area contributed by atoms with Crippen LogP contribution >= 0.6 is 0 Å². The molecule has 0 radical (unpaired) electrons. The van der Waals surface area contributed by atoms with Gasteiger partial charge in [-0.3, -0.25) is 14.7 Å². The fourth-order valence-electron chi connectivity index (χ4n) is 2.10. The molecule has 0 fully saturated rings. The third-order valence-corrected chi connectivity index (χ3v) is 3.21. The molecule has 8 heteroatoms. The molecule has 8 nitrogen and oxygen atoms in total. The van der Waals surface area contributed by atoms with E-state index in [1.165, 1.54) is 0 Å². The predicted molar refractivity (Wildman–Crippen MR) is 93.9 cm³/mol. The minimum Gasteiger partial charge on any atom is -0.494 e. The molecule has 26 heavy (non-hydrogen) atoms. The SMILES string of the molecule is CC(C)(C)OC(=O)Nc1cc(O)n(CC(=O)OCc2ccccc2)c1O. The highest BCUT2D eigenvalue weighted by molar-refractivity contribution is 5.87. The minimum atomic E-state index is -0.795. The van der Waals surface area contributed by atoms with E-state index < -0.39 is 36.0 Å². The largest absolute Gasteiger partial charge is 0.494 e. The molecule has 0 spiro atoms. The van der Waals surface area contributed by atoms with Crippen LogP contribution in [0.2, 0.25) is 0 Å². The van der Waals surface area contributed by atoms with E-state index in [0.717, 1.165) is 16.2 Å². The highest BCUT2D eigenvalue weighted by atomic mass is 16.6. The number of nitrogens with zero attached hydrogens (tertiary/aromatic N) is 1. The fourth-order valence-corrected chi connectivity index (χ4v) is 2.10. The number of nitrogens with one attached hydrogen (secondary N) is 1. The molecule has 0 unspecified atom stereocenters. The smallest absolute Gasteiger partial charge is 0.412 e. The lowest BCUT2D eigenvalue weighted by Crippen LogP contribution is -2.27. The third kappa shape index (κ3) is 5.44. The van der Waals surface area contributed by atoms with E-state index in [2.05, 4.69) is 5.32 Å². The van der Waals surface area contributed by atoms with Crippen molar-refractivity contribution >= 4 is 17.7 Å². The Kier molecular flexibility index (Phi) is 5.76. The number of carbonyl (C=O) groups is 2. The number of anilines is 1. The molecule has 0 aliphatic heterocycles. The Balaban J connectivity index is 1.98. The van der Waals surface area contributed by atoms with Crippen LogP contribution in [0.3, 0.4) is 0 Å². The lowest BCUT2D eigenvalue weighted by atomic mass is 10.2. The highest BCUT2D eigenvalue weighted by Crippen LogP contribution is 2.32. The molecule has 1 aromatic carbocycles. The van der Waals surface area contributed by atoms with Gasteiger partial charge in [-0.2, -0.15) is 0 Å². The van der Waals surface area contributed by atoms with E-state index >= 15 is 0 Å². The first kappa shape index (κ1) is 19.2. The second kappa shape index (κ2) is 7.81. The number of rotatable bonds is 5. The van der Waals surface area contributed by atoms with Gasteiger partial charge in [0.2, 0.25) is 5.88 Å². The molecule has 0 aliphatic rings. The van der Waals surface area contributed by atoms with Crippen LogP contribution in [0.5, 0.6) is 11.8 Å². The van der Waals surface area contributed by atoms with Crippen molar-refractivity contribution in [1.82, 2.24) is 4.57 Å². The van der Waals surface area contributed by atoms with Crippen molar-refractivity contribution in [2.75, 3.05) is 5.32 Å². The molecule has 1 heterocycles. The van der Waals surface area contributed by atoms with E-state index in [1.54, 1.807) is 32.9 Å². The normalized spacial score (nSPS) is 11.0. The first-order chi connectivity index (χ1) is 12.2. The molecule has 1 amide bonds. The van der Waals surface area contributed by atoms with Crippen molar-refractivity contribution in [3.8, 4) is 11.8 Å². The number of hydrogen-bond acceptors (Lipinski definition) is 6. The summed E-state index contributed by atoms with van der Waals surface area (Å²) in [6.45, 7) is 4.74. The predicted octanol–water partition coefficient (Wildman–Crippen LogP) is 2.99. The Hall–Kier alpha value is -3.16. The van der Waals surface area contributed by atoms with Crippen molar-refractivity contribution in [3.05, 3.63) is 42.0 Å². The van der Waals surface area contributed by atoms with Crippen LogP contribution in [-0.2, 0) is 27.4 Å². The number of esters is 1. The lowest BCUT2D eigenvalue weighted by molar-refractivity contribution is -0.145. The summed E-state index contributed by atoms with van der Waals surface area (Å²) in [6.07, 6.45) is -0.795. The van der Waals surface area contributed by atoms with Gasteiger partial charge in [0.15, 0.2) is 5.88 Å². The second-order valence-electron chi connectivity index (χ2n) is 6.60. The summed E-state index contributed by atoms with van der Waals surface area (Å²) in [5, 5.41) is 22.3. The molecule has 3 N–H and O–H groups in total. The maximum absolute atomic E-state index is 11.9. The van der Waals surface area contributed by atoms with Crippen LogP contribution in [0.25, 0.3) is 0 Å². The van der Waals surface area contributed by atoms with Gasteiger partial charge in [0, 0.05) is 6.07 Å². The molecular formula is C18H22N2O6. The van der Waals surface area contributed by atoms with Gasteiger partial charge in [-0.25, -0.2) is 4.79 Å². The molecule has 0 bridgehead atoms. The standard InChI is InChI=1S/C18H22N2O6/c1-18(2,3)26-17(24)19-13-9-14(21)20(16(13)23)10-15(22)25-11-12-7-5-4-6-8-12/h4-9,21,23H,10-11H2,1-3H3,(H,19,24). The van der Waals surface area contributed by atoms with Gasteiger partial charge in [-0.05, 0) is 26.3 Å². The quantitative estimate of drug-likeness (QED) is 0.705. The fraction of sp³-hybridized carbons (Fsp3) is 0.333. The Bertz CT molecular complexity index is 777. The van der Waals surface area contributed by atoms with Gasteiger partial charge >= 0.3 is 12.1 Å². The number of benzene rings is 1. The number of carbonyl (C=O) groups excluding carboxylic acids is 2. The number of amides is 1. The van der Waals surface area contributed by atoms with Crippen molar-refractivity contribution < 1.29 is 29.3 Å². The van der Waals surface area contributed by atoms with Crippen LogP contribution in [0.1, 0.15) is 26.3 Å². The molecular weight excluding hydrogens is 340 g/mol. The molecule has 1 aromatic heterocycles. The van der Waals surface area contributed by atoms with E-state index in [-0.39, 0.29) is 12.3 Å². The maximum Gasteiger partial charge on any atom is 0.412 e. The average molecular weight is 362 g/mol. The molecule has 0 atom stereocenters.